The van der Waals surface area contributed by atoms with Gasteiger partial charge in [0.2, 0.25) is 0 Å². The van der Waals surface area contributed by atoms with Crippen LogP contribution in [-0.2, 0) is 14.2 Å². The van der Waals surface area contributed by atoms with Gasteiger partial charge < -0.3 is 40.2 Å². The van der Waals surface area contributed by atoms with E-state index < -0.39 is 0 Å². The van der Waals surface area contributed by atoms with Crippen LogP contribution in [0.15, 0.2) is 22.1 Å². The number of halogens is 2. The first-order chi connectivity index (χ1) is 19.2. The summed E-state index contributed by atoms with van der Waals surface area (Å²) in [6.45, 7) is 6.50. The molecule has 4 amide bonds. The van der Waals surface area contributed by atoms with Gasteiger partial charge in [0.25, 0.3) is 0 Å². The van der Waals surface area contributed by atoms with Crippen LogP contribution in [0.25, 0.3) is 0 Å². The largest absolute Gasteiger partial charge is 0.490 e. The Kier molecular flexibility index (Phi) is 16.2. The quantitative estimate of drug-likeness (QED) is 0.0988. The number of amides is 4. The van der Waals surface area contributed by atoms with E-state index in [9.17, 15) is 9.59 Å². The van der Waals surface area contributed by atoms with Crippen molar-refractivity contribution in [2.45, 2.75) is 6.92 Å². The summed E-state index contributed by atoms with van der Waals surface area (Å²) < 4.78 is 23.7. The fourth-order valence-corrected chi connectivity index (χ4v) is 4.54. The standard InChI is InChI=1S/C24H38I2N8O6/c1-17-15-19(26)20(16-18(17)25)40-14-13-39-10-4-30-22(28)32-24(36)34-7-5-33(6-8-34)23(35)31-21(27)29-3-9-38-12-11-37-2/h15-16H,3-14H2,1-2H3,(H3,27,29,31,35)(H3,28,30,32,36). The Morgan fingerprint density at radius 2 is 1.32 bits per heavy atom. The first-order valence-electron chi connectivity index (χ1n) is 12.7. The first kappa shape index (κ1) is 34.0. The lowest BCUT2D eigenvalue weighted by atomic mass is 10.2. The second-order valence-electron chi connectivity index (χ2n) is 8.47. The number of hydrogen-bond acceptors (Lipinski definition) is 8. The third-order valence-electron chi connectivity index (χ3n) is 5.49. The number of aryl methyl sites for hydroxylation is 1. The third kappa shape index (κ3) is 13.0. The number of urea groups is 2. The number of hydrogen-bond donors (Lipinski definition) is 4. The lowest BCUT2D eigenvalue weighted by Gasteiger charge is -2.34. The van der Waals surface area contributed by atoms with E-state index in [0.29, 0.717) is 78.9 Å². The van der Waals surface area contributed by atoms with Crippen LogP contribution in [0, 0.1) is 14.1 Å². The van der Waals surface area contributed by atoms with E-state index in [1.165, 1.54) is 5.56 Å². The second kappa shape index (κ2) is 19.1. The van der Waals surface area contributed by atoms with E-state index in [-0.39, 0.29) is 24.0 Å². The number of nitrogens with zero attached hydrogens (tertiary/aromatic N) is 4. The van der Waals surface area contributed by atoms with Crippen molar-refractivity contribution in [2.24, 2.45) is 21.5 Å². The Morgan fingerprint density at radius 3 is 1.82 bits per heavy atom. The molecule has 2 rings (SSSR count). The van der Waals surface area contributed by atoms with Crippen LogP contribution in [0.4, 0.5) is 9.59 Å². The molecule has 0 radical (unpaired) electrons. The molecule has 0 bridgehead atoms. The van der Waals surface area contributed by atoms with Gasteiger partial charge in [0.15, 0.2) is 11.9 Å². The molecule has 1 fully saturated rings. The number of carbonyl (C=O) groups excluding carboxylic acids is 2. The smallest absolute Gasteiger partial charge is 0.324 e. The molecule has 1 aromatic carbocycles. The number of methoxy groups -OCH3 is 1. The summed E-state index contributed by atoms with van der Waals surface area (Å²) in [4.78, 5) is 36.2. The number of rotatable bonds is 13. The molecule has 0 unspecified atom stereocenters. The molecule has 0 saturated carbocycles. The monoisotopic (exact) mass is 788 g/mol. The van der Waals surface area contributed by atoms with Crippen molar-refractivity contribution in [1.82, 2.24) is 20.4 Å². The van der Waals surface area contributed by atoms with Gasteiger partial charge in [0, 0.05) is 36.9 Å². The number of piperazine rings is 1. The topological polar surface area (TPSA) is 178 Å². The van der Waals surface area contributed by atoms with Gasteiger partial charge in [-0.25, -0.2) is 9.59 Å². The molecule has 0 aliphatic carbocycles. The maximum Gasteiger partial charge on any atom is 0.324 e. The molecule has 14 nitrogen and oxygen atoms in total. The maximum atomic E-state index is 12.5. The van der Waals surface area contributed by atoms with Gasteiger partial charge >= 0.3 is 12.1 Å². The van der Waals surface area contributed by atoms with Crippen molar-refractivity contribution in [3.8, 4) is 5.75 Å². The molecule has 1 aromatic rings. The van der Waals surface area contributed by atoms with E-state index in [4.69, 9.17) is 30.4 Å². The molecule has 6 N–H and O–H groups in total. The number of guanidine groups is 2. The molecule has 0 spiro atoms. The van der Waals surface area contributed by atoms with E-state index >= 15 is 0 Å². The van der Waals surface area contributed by atoms with Crippen LogP contribution in [0.3, 0.4) is 0 Å². The van der Waals surface area contributed by atoms with Crippen LogP contribution in [0.1, 0.15) is 5.56 Å². The Labute approximate surface area is 261 Å². The highest BCUT2D eigenvalue weighted by Crippen LogP contribution is 2.26. The minimum Gasteiger partial charge on any atom is -0.490 e. The van der Waals surface area contributed by atoms with Crippen LogP contribution in [0.2, 0.25) is 0 Å². The van der Waals surface area contributed by atoms with Gasteiger partial charge in [-0.15, -0.1) is 0 Å². The lowest BCUT2D eigenvalue weighted by Crippen LogP contribution is -2.57. The molecule has 1 aliphatic heterocycles. The summed E-state index contributed by atoms with van der Waals surface area (Å²) in [7, 11) is 1.59. The molecule has 16 heteroatoms. The van der Waals surface area contributed by atoms with Crippen molar-refractivity contribution in [1.29, 1.82) is 0 Å². The van der Waals surface area contributed by atoms with Gasteiger partial charge in [-0.1, -0.05) is 0 Å². The van der Waals surface area contributed by atoms with Crippen molar-refractivity contribution < 1.29 is 28.5 Å². The SMILES string of the molecule is COCCOCCN=C(N)NC(=O)N1CCN(C(=O)NC(N)=NCCOCCOc2cc(I)c(C)cc2I)CC1. The molecule has 224 valence electrons. The Morgan fingerprint density at radius 1 is 0.825 bits per heavy atom. The van der Waals surface area contributed by atoms with Crippen LogP contribution < -0.4 is 26.8 Å². The van der Waals surface area contributed by atoms with Gasteiger partial charge in [0.1, 0.15) is 12.4 Å². The van der Waals surface area contributed by atoms with E-state index in [2.05, 4.69) is 78.8 Å². The zero-order valence-electron chi connectivity index (χ0n) is 22.8. The van der Waals surface area contributed by atoms with Crippen molar-refractivity contribution >= 4 is 69.2 Å². The van der Waals surface area contributed by atoms with Gasteiger partial charge in [-0.2, -0.15) is 0 Å². The fourth-order valence-electron chi connectivity index (χ4n) is 3.33. The highest BCUT2D eigenvalue weighted by Gasteiger charge is 2.24. The Hall–Kier alpha value is -2.16. The summed E-state index contributed by atoms with van der Waals surface area (Å²) in [5.74, 6) is 0.847. The Balaban J connectivity index is 1.58. The van der Waals surface area contributed by atoms with Gasteiger partial charge in [0.05, 0.1) is 49.7 Å². The molecule has 1 saturated heterocycles. The summed E-state index contributed by atoms with van der Waals surface area (Å²) in [5, 5.41) is 5.10. The number of ether oxygens (including phenoxy) is 4. The highest BCUT2D eigenvalue weighted by molar-refractivity contribution is 14.1. The van der Waals surface area contributed by atoms with Crippen molar-refractivity contribution in [3.63, 3.8) is 0 Å². The number of nitrogens with one attached hydrogen (secondary N) is 2. The minimum atomic E-state index is -0.382. The highest BCUT2D eigenvalue weighted by atomic mass is 127. The van der Waals surface area contributed by atoms with Gasteiger partial charge in [-0.05, 0) is 69.8 Å². The summed E-state index contributed by atoms with van der Waals surface area (Å²) in [6, 6.07) is 3.33. The third-order valence-corrected chi connectivity index (χ3v) is 7.50. The average molecular weight is 788 g/mol. The molecule has 40 heavy (non-hydrogen) atoms. The first-order valence-corrected chi connectivity index (χ1v) is 14.8. The molecule has 0 aromatic heterocycles. The van der Waals surface area contributed by atoms with Gasteiger partial charge in [-0.3, -0.25) is 20.6 Å². The van der Waals surface area contributed by atoms with Crippen LogP contribution in [0.5, 0.6) is 5.75 Å². The lowest BCUT2D eigenvalue weighted by molar-refractivity contribution is 0.0748. The Bertz CT molecular complexity index is 1020. The van der Waals surface area contributed by atoms with E-state index in [0.717, 1.165) is 12.9 Å². The van der Waals surface area contributed by atoms with E-state index in [1.807, 2.05) is 6.07 Å². The number of aliphatic imine (C=N–C) groups is 2. The fraction of sp³-hybridized carbons (Fsp3) is 0.583. The molecular formula is C24H38I2N8O6. The molecular weight excluding hydrogens is 750 g/mol. The average Bonchev–Trinajstić information content (AvgIpc) is 2.92. The van der Waals surface area contributed by atoms with E-state index in [1.54, 1.807) is 16.9 Å². The predicted molar refractivity (Wildman–Crippen MR) is 169 cm³/mol. The number of benzene rings is 1. The minimum absolute atomic E-state index is 0.00370. The molecule has 0 atom stereocenters. The second-order valence-corrected chi connectivity index (χ2v) is 10.8. The maximum absolute atomic E-state index is 12.5. The summed E-state index contributed by atoms with van der Waals surface area (Å²) >= 11 is 4.53. The summed E-state index contributed by atoms with van der Waals surface area (Å²) in [5.41, 5.74) is 12.8. The predicted octanol–water partition coefficient (Wildman–Crippen LogP) is 0.929. The molecule has 1 aliphatic rings. The normalized spacial score (nSPS) is 14.3. The zero-order chi connectivity index (χ0) is 29.3. The zero-order valence-corrected chi connectivity index (χ0v) is 27.1. The number of carbonyl (C=O) groups is 2. The van der Waals surface area contributed by atoms with Crippen LogP contribution in [-0.4, -0.2) is 120 Å². The van der Waals surface area contributed by atoms with Crippen molar-refractivity contribution in [3.05, 3.63) is 24.8 Å². The van der Waals surface area contributed by atoms with Crippen molar-refractivity contribution in [2.75, 3.05) is 86.0 Å². The summed E-state index contributed by atoms with van der Waals surface area (Å²) in [6.07, 6.45) is 0. The van der Waals surface area contributed by atoms with Crippen LogP contribution >= 0.6 is 45.2 Å². The number of nitrogens with two attached hydrogens (primary N) is 2. The molecule has 1 heterocycles.